The summed E-state index contributed by atoms with van der Waals surface area (Å²) in [6.45, 7) is 4.23. The summed E-state index contributed by atoms with van der Waals surface area (Å²) in [5, 5.41) is 32.2. The maximum atomic E-state index is 9.90. The fourth-order valence-corrected chi connectivity index (χ4v) is 0.505. The number of carboxylic acids is 4. The zero-order valence-electron chi connectivity index (χ0n) is 9.41. The number of hydrogen-bond acceptors (Lipinski definition) is 4. The molecule has 0 bridgehead atoms. The minimum absolute atomic E-state index is 0.178. The van der Waals surface area contributed by atoms with Crippen LogP contribution in [-0.4, -0.2) is 44.3 Å². The second-order valence-electron chi connectivity index (χ2n) is 2.95. The molecule has 0 heterocycles. The van der Waals surface area contributed by atoms with Gasteiger partial charge in [0, 0.05) is 17.2 Å². The Morgan fingerprint density at radius 3 is 1.56 bits per heavy atom. The second kappa shape index (κ2) is 8.50. The fraction of sp³-hybridized carbons (Fsp3) is 0.200. The third kappa shape index (κ3) is 11.4. The maximum Gasteiger partial charge on any atom is 0.331 e. The molecule has 0 radical (unpaired) electrons. The van der Waals surface area contributed by atoms with Gasteiger partial charge in [0.2, 0.25) is 0 Å². The third-order valence-electron chi connectivity index (χ3n) is 1.34. The highest BCUT2D eigenvalue weighted by Gasteiger charge is 2.07. The van der Waals surface area contributed by atoms with Crippen molar-refractivity contribution < 1.29 is 39.6 Å². The Bertz CT molecular complexity index is 404. The Hall–Kier alpha value is -2.64. The summed E-state index contributed by atoms with van der Waals surface area (Å²) in [6, 6.07) is 0. The van der Waals surface area contributed by atoms with Gasteiger partial charge < -0.3 is 20.4 Å². The van der Waals surface area contributed by atoms with Gasteiger partial charge in [-0.15, -0.1) is 0 Å². The highest BCUT2D eigenvalue weighted by Crippen LogP contribution is 1.95. The van der Waals surface area contributed by atoms with Gasteiger partial charge in [0.05, 0.1) is 6.42 Å². The largest absolute Gasteiger partial charge is 0.481 e. The zero-order valence-corrected chi connectivity index (χ0v) is 9.41. The van der Waals surface area contributed by atoms with Crippen LogP contribution in [0.2, 0.25) is 0 Å². The molecule has 0 aromatic rings. The maximum absolute atomic E-state index is 9.90. The van der Waals surface area contributed by atoms with Crippen LogP contribution in [0.5, 0.6) is 0 Å². The topological polar surface area (TPSA) is 149 Å². The van der Waals surface area contributed by atoms with E-state index in [1.54, 1.807) is 0 Å². The lowest BCUT2D eigenvalue weighted by molar-refractivity contribution is -0.139. The van der Waals surface area contributed by atoms with Crippen molar-refractivity contribution in [2.75, 3.05) is 0 Å². The fourth-order valence-electron chi connectivity index (χ4n) is 0.505. The standard InChI is InChI=1S/2C5H6O4/c2*1-3(5(8)9)2-4(6)7/h2H,1H3,(H,6,7)(H,8,9);1-2H2,(H,6,7)(H,8,9)/b3-2-;. The highest BCUT2D eigenvalue weighted by molar-refractivity contribution is 5.94. The van der Waals surface area contributed by atoms with Crippen molar-refractivity contribution in [3.63, 3.8) is 0 Å². The van der Waals surface area contributed by atoms with Crippen LogP contribution < -0.4 is 0 Å². The lowest BCUT2D eigenvalue weighted by Gasteiger charge is -1.91. The molecule has 100 valence electrons. The molecule has 0 aliphatic carbocycles. The SMILES string of the molecule is C/C(=C/C(=O)O)C(=O)O.C=C(CC(=O)O)C(=O)O. The normalized spacial score (nSPS) is 9.72. The molecule has 0 aliphatic heterocycles. The molecular formula is C10H12O8. The van der Waals surface area contributed by atoms with Crippen LogP contribution in [0, 0.1) is 0 Å². The molecule has 4 N–H and O–H groups in total. The van der Waals surface area contributed by atoms with Crippen molar-refractivity contribution in [2.24, 2.45) is 0 Å². The monoisotopic (exact) mass is 260 g/mol. The lowest BCUT2D eigenvalue weighted by atomic mass is 10.2. The molecule has 0 spiro atoms. The van der Waals surface area contributed by atoms with E-state index in [-0.39, 0.29) is 11.1 Å². The van der Waals surface area contributed by atoms with Crippen molar-refractivity contribution in [1.82, 2.24) is 0 Å². The molecule has 0 unspecified atom stereocenters. The molecule has 8 nitrogen and oxygen atoms in total. The second-order valence-corrected chi connectivity index (χ2v) is 2.95. The molecule has 0 aliphatic rings. The van der Waals surface area contributed by atoms with E-state index in [0.717, 1.165) is 0 Å². The van der Waals surface area contributed by atoms with E-state index in [4.69, 9.17) is 20.4 Å². The Morgan fingerprint density at radius 1 is 1.00 bits per heavy atom. The summed E-state index contributed by atoms with van der Waals surface area (Å²) in [4.78, 5) is 39.3. The molecule has 0 fully saturated rings. The first-order chi connectivity index (χ1) is 8.07. The molecule has 0 aromatic heterocycles. The van der Waals surface area contributed by atoms with E-state index >= 15 is 0 Å². The third-order valence-corrected chi connectivity index (χ3v) is 1.34. The van der Waals surface area contributed by atoms with Gasteiger partial charge in [-0.25, -0.2) is 14.4 Å². The number of carbonyl (C=O) groups is 4. The first-order valence-electron chi connectivity index (χ1n) is 4.35. The van der Waals surface area contributed by atoms with Gasteiger partial charge in [-0.05, 0) is 6.92 Å². The van der Waals surface area contributed by atoms with Crippen LogP contribution in [0.3, 0.4) is 0 Å². The predicted octanol–water partition coefficient (Wildman–Crippen LogP) is 0.204. The molecule has 0 amide bonds. The van der Waals surface area contributed by atoms with Gasteiger partial charge in [-0.2, -0.15) is 0 Å². The number of aliphatic carboxylic acids is 4. The number of hydrogen-bond donors (Lipinski definition) is 4. The average Bonchev–Trinajstić information content (AvgIpc) is 2.16. The Labute approximate surface area is 101 Å². The average molecular weight is 260 g/mol. The Balaban J connectivity index is 0. The molecule has 0 atom stereocenters. The van der Waals surface area contributed by atoms with Gasteiger partial charge >= 0.3 is 23.9 Å². The Kier molecular flexibility index (Phi) is 8.38. The molecular weight excluding hydrogens is 248 g/mol. The summed E-state index contributed by atoms with van der Waals surface area (Å²) >= 11 is 0. The summed E-state index contributed by atoms with van der Waals surface area (Å²) in [7, 11) is 0. The van der Waals surface area contributed by atoms with E-state index in [1.165, 1.54) is 6.92 Å². The summed E-state index contributed by atoms with van der Waals surface area (Å²) in [6.07, 6.45) is 0.137. The lowest BCUT2D eigenvalue weighted by Crippen LogP contribution is -2.04. The van der Waals surface area contributed by atoms with Crippen molar-refractivity contribution in [2.45, 2.75) is 13.3 Å². The highest BCUT2D eigenvalue weighted by atomic mass is 16.4. The van der Waals surface area contributed by atoms with Crippen molar-refractivity contribution in [1.29, 1.82) is 0 Å². The van der Waals surface area contributed by atoms with Crippen molar-refractivity contribution in [3.05, 3.63) is 23.8 Å². The molecule has 0 saturated carbocycles. The minimum atomic E-state index is -1.27. The van der Waals surface area contributed by atoms with Gasteiger partial charge in [-0.3, -0.25) is 4.79 Å². The van der Waals surface area contributed by atoms with Crippen molar-refractivity contribution >= 4 is 23.9 Å². The van der Waals surface area contributed by atoms with Crippen LogP contribution in [0.15, 0.2) is 23.8 Å². The van der Waals surface area contributed by atoms with E-state index < -0.39 is 30.3 Å². The van der Waals surface area contributed by atoms with Gasteiger partial charge in [-0.1, -0.05) is 6.58 Å². The summed E-state index contributed by atoms with van der Waals surface area (Å²) in [5.74, 6) is -4.90. The molecule has 0 rings (SSSR count). The smallest absolute Gasteiger partial charge is 0.331 e. The van der Waals surface area contributed by atoms with Gasteiger partial charge in [0.25, 0.3) is 0 Å². The van der Waals surface area contributed by atoms with Crippen LogP contribution in [0.25, 0.3) is 0 Å². The van der Waals surface area contributed by atoms with E-state index in [2.05, 4.69) is 6.58 Å². The number of carboxylic acid groups (broad SMARTS) is 4. The first-order valence-corrected chi connectivity index (χ1v) is 4.35. The summed E-state index contributed by atoms with van der Waals surface area (Å²) in [5.41, 5.74) is -0.481. The van der Waals surface area contributed by atoms with Crippen LogP contribution in [0.1, 0.15) is 13.3 Å². The number of rotatable bonds is 5. The molecule has 0 aromatic carbocycles. The van der Waals surface area contributed by atoms with Crippen LogP contribution in [-0.2, 0) is 19.2 Å². The zero-order chi connectivity index (χ0) is 14.9. The van der Waals surface area contributed by atoms with Gasteiger partial charge in [0.15, 0.2) is 0 Å². The van der Waals surface area contributed by atoms with E-state index in [1.807, 2.05) is 0 Å². The van der Waals surface area contributed by atoms with Gasteiger partial charge in [0.1, 0.15) is 0 Å². The quantitative estimate of drug-likeness (QED) is 0.512. The molecule has 8 heteroatoms. The molecule has 0 saturated heterocycles. The predicted molar refractivity (Wildman–Crippen MR) is 58.1 cm³/mol. The minimum Gasteiger partial charge on any atom is -0.481 e. The molecule has 18 heavy (non-hydrogen) atoms. The van der Waals surface area contributed by atoms with Crippen LogP contribution >= 0.6 is 0 Å². The van der Waals surface area contributed by atoms with E-state index in [0.29, 0.717) is 6.08 Å². The van der Waals surface area contributed by atoms with Crippen molar-refractivity contribution in [3.8, 4) is 0 Å². The Morgan fingerprint density at radius 2 is 1.44 bits per heavy atom. The summed E-state index contributed by atoms with van der Waals surface area (Å²) < 4.78 is 0. The van der Waals surface area contributed by atoms with E-state index in [9.17, 15) is 19.2 Å². The van der Waals surface area contributed by atoms with Crippen LogP contribution in [0.4, 0.5) is 0 Å². The first kappa shape index (κ1) is 17.7.